The van der Waals surface area contributed by atoms with E-state index in [0.717, 1.165) is 35.4 Å². The number of nitrogens with one attached hydrogen (secondary N) is 1. The standard InChI is InChI=1S/C28H29F2N5O2/c29-24-10-9-23(18-25(24)30)35(31)27(20-11-14-32-15-12-20)8-4-2-6-22(13-16-33-19-36)34-26-7-3-1-5-21(26)17-28(34)37/h1,3,5,7-12,14-15,18-19,22H,2,4,6,13,16-17,31H2,(H,33,36)/b27-8-. The fourth-order valence-electron chi connectivity index (χ4n) is 4.63. The maximum Gasteiger partial charge on any atom is 0.231 e. The summed E-state index contributed by atoms with van der Waals surface area (Å²) in [7, 11) is 0. The zero-order valence-electron chi connectivity index (χ0n) is 20.3. The molecular weight excluding hydrogens is 476 g/mol. The minimum Gasteiger partial charge on any atom is -0.359 e. The highest BCUT2D eigenvalue weighted by Gasteiger charge is 2.32. The molecule has 0 saturated heterocycles. The number of nitrogens with two attached hydrogens (primary N) is 1. The molecule has 3 aromatic rings. The Bertz CT molecular complexity index is 1270. The van der Waals surface area contributed by atoms with Crippen LogP contribution in [0.2, 0.25) is 0 Å². The zero-order chi connectivity index (χ0) is 26.2. The van der Waals surface area contributed by atoms with Gasteiger partial charge in [0.2, 0.25) is 12.3 Å². The van der Waals surface area contributed by atoms with Gasteiger partial charge in [-0.05, 0) is 61.6 Å². The van der Waals surface area contributed by atoms with Crippen molar-refractivity contribution in [1.82, 2.24) is 10.3 Å². The van der Waals surface area contributed by atoms with Gasteiger partial charge in [-0.1, -0.05) is 24.3 Å². The lowest BCUT2D eigenvalue weighted by Crippen LogP contribution is -2.39. The topological polar surface area (TPSA) is 91.6 Å². The third kappa shape index (κ3) is 6.18. The van der Waals surface area contributed by atoms with Gasteiger partial charge in [0.25, 0.3) is 0 Å². The van der Waals surface area contributed by atoms with Gasteiger partial charge in [-0.2, -0.15) is 0 Å². The van der Waals surface area contributed by atoms with Crippen LogP contribution < -0.4 is 21.1 Å². The molecular formula is C28H29F2N5O2. The van der Waals surface area contributed by atoms with E-state index in [1.165, 1.54) is 11.1 Å². The predicted octanol–water partition coefficient (Wildman–Crippen LogP) is 4.35. The van der Waals surface area contributed by atoms with Gasteiger partial charge in [-0.25, -0.2) is 14.6 Å². The van der Waals surface area contributed by atoms with Crippen LogP contribution in [0.3, 0.4) is 0 Å². The van der Waals surface area contributed by atoms with E-state index in [4.69, 9.17) is 5.84 Å². The molecule has 0 spiro atoms. The molecule has 0 bridgehead atoms. The van der Waals surface area contributed by atoms with Crippen LogP contribution >= 0.6 is 0 Å². The number of benzene rings is 2. The van der Waals surface area contributed by atoms with Gasteiger partial charge in [-0.3, -0.25) is 19.6 Å². The fraction of sp³-hybridized carbons (Fsp3) is 0.250. The number of hydrogen-bond donors (Lipinski definition) is 2. The van der Waals surface area contributed by atoms with Gasteiger partial charge >= 0.3 is 0 Å². The van der Waals surface area contributed by atoms with Crippen molar-refractivity contribution in [2.75, 3.05) is 16.5 Å². The number of aromatic nitrogens is 1. The average molecular weight is 506 g/mol. The summed E-state index contributed by atoms with van der Waals surface area (Å²) in [4.78, 5) is 29.6. The molecule has 192 valence electrons. The molecule has 1 aliphatic rings. The van der Waals surface area contributed by atoms with Crippen molar-refractivity contribution >= 4 is 29.4 Å². The normalized spacial score (nSPS) is 13.9. The third-order valence-electron chi connectivity index (χ3n) is 6.43. The molecule has 2 amide bonds. The van der Waals surface area contributed by atoms with Gasteiger partial charge in [0.1, 0.15) is 0 Å². The number of amides is 2. The smallest absolute Gasteiger partial charge is 0.231 e. The number of carbonyl (C=O) groups excluding carboxylic acids is 2. The van der Waals surface area contributed by atoms with E-state index >= 15 is 0 Å². The molecule has 1 atom stereocenters. The molecule has 1 aromatic heterocycles. The highest BCUT2D eigenvalue weighted by Crippen LogP contribution is 2.33. The van der Waals surface area contributed by atoms with Crippen molar-refractivity contribution < 1.29 is 18.4 Å². The van der Waals surface area contributed by atoms with E-state index in [-0.39, 0.29) is 11.9 Å². The number of rotatable bonds is 12. The van der Waals surface area contributed by atoms with E-state index in [0.29, 0.717) is 50.0 Å². The highest BCUT2D eigenvalue weighted by molar-refractivity contribution is 6.01. The summed E-state index contributed by atoms with van der Waals surface area (Å²) >= 11 is 0. The maximum atomic E-state index is 13.9. The Morgan fingerprint density at radius 3 is 2.65 bits per heavy atom. The van der Waals surface area contributed by atoms with Crippen LogP contribution in [0.25, 0.3) is 5.70 Å². The van der Waals surface area contributed by atoms with Crippen molar-refractivity contribution in [3.05, 3.63) is 95.8 Å². The number of para-hydroxylation sites is 1. The lowest BCUT2D eigenvalue weighted by atomic mass is 10.0. The van der Waals surface area contributed by atoms with Crippen LogP contribution in [0.5, 0.6) is 0 Å². The Kier molecular flexibility index (Phi) is 8.58. The molecule has 0 radical (unpaired) electrons. The summed E-state index contributed by atoms with van der Waals surface area (Å²) in [6, 6.07) is 14.8. The van der Waals surface area contributed by atoms with Crippen LogP contribution in [0.15, 0.2) is 73.1 Å². The van der Waals surface area contributed by atoms with Crippen molar-refractivity contribution in [3.63, 3.8) is 0 Å². The van der Waals surface area contributed by atoms with Gasteiger partial charge in [-0.15, -0.1) is 0 Å². The van der Waals surface area contributed by atoms with E-state index in [1.807, 2.05) is 35.2 Å². The van der Waals surface area contributed by atoms with Crippen LogP contribution in [0, 0.1) is 11.6 Å². The van der Waals surface area contributed by atoms with Crippen LogP contribution in [0.4, 0.5) is 20.2 Å². The molecule has 1 unspecified atom stereocenters. The van der Waals surface area contributed by atoms with Crippen LogP contribution in [0.1, 0.15) is 36.8 Å². The molecule has 3 N–H and O–H groups in total. The number of carbonyl (C=O) groups is 2. The second kappa shape index (κ2) is 12.2. The monoisotopic (exact) mass is 505 g/mol. The van der Waals surface area contributed by atoms with Crippen molar-refractivity contribution in [2.45, 2.75) is 38.1 Å². The first-order valence-corrected chi connectivity index (χ1v) is 12.2. The van der Waals surface area contributed by atoms with Crippen molar-refractivity contribution in [1.29, 1.82) is 0 Å². The molecule has 1 aliphatic heterocycles. The highest BCUT2D eigenvalue weighted by atomic mass is 19.2. The molecule has 4 rings (SSSR count). The summed E-state index contributed by atoms with van der Waals surface area (Å²) in [6.07, 6.45) is 8.92. The number of allylic oxidation sites excluding steroid dienone is 1. The summed E-state index contributed by atoms with van der Waals surface area (Å²) < 4.78 is 27.3. The number of halogens is 2. The molecule has 2 aromatic carbocycles. The summed E-state index contributed by atoms with van der Waals surface area (Å²) in [5.74, 6) is 4.47. The minimum absolute atomic E-state index is 0.0526. The first-order valence-electron chi connectivity index (χ1n) is 12.2. The Morgan fingerprint density at radius 1 is 1.11 bits per heavy atom. The van der Waals surface area contributed by atoms with Crippen LogP contribution in [-0.2, 0) is 16.0 Å². The molecule has 0 fully saturated rings. The van der Waals surface area contributed by atoms with Crippen molar-refractivity contribution in [2.24, 2.45) is 5.84 Å². The quantitative estimate of drug-likeness (QED) is 0.165. The molecule has 9 heteroatoms. The Labute approximate surface area is 214 Å². The molecule has 2 heterocycles. The Morgan fingerprint density at radius 2 is 1.89 bits per heavy atom. The first kappa shape index (κ1) is 26.0. The number of pyridine rings is 1. The largest absolute Gasteiger partial charge is 0.359 e. The molecule has 0 aliphatic carbocycles. The molecule has 0 saturated carbocycles. The van der Waals surface area contributed by atoms with E-state index in [2.05, 4.69) is 10.3 Å². The number of hydrogen-bond acceptors (Lipinski definition) is 5. The first-order chi connectivity index (χ1) is 18.0. The fourth-order valence-corrected chi connectivity index (χ4v) is 4.63. The third-order valence-corrected chi connectivity index (χ3v) is 6.43. The SMILES string of the molecule is NN(/C(=C\CCCC(CCNC=O)N1C(=O)Cc2ccccc21)c1ccncc1)c1ccc(F)c(F)c1. The number of fused-ring (bicyclic) bond motifs is 1. The molecule has 7 nitrogen and oxygen atoms in total. The Balaban J connectivity index is 1.51. The predicted molar refractivity (Wildman–Crippen MR) is 139 cm³/mol. The number of hydrazine groups is 1. The second-order valence-electron chi connectivity index (χ2n) is 8.81. The number of nitrogens with zero attached hydrogens (tertiary/aromatic N) is 3. The average Bonchev–Trinajstić information content (AvgIpc) is 3.25. The van der Waals surface area contributed by atoms with E-state index in [9.17, 15) is 18.4 Å². The Hall–Kier alpha value is -4.11. The van der Waals surface area contributed by atoms with Gasteiger partial charge in [0, 0.05) is 42.3 Å². The summed E-state index contributed by atoms with van der Waals surface area (Å²) in [5.41, 5.74) is 3.63. The number of unbranched alkanes of at least 4 members (excludes halogenated alkanes) is 1. The van der Waals surface area contributed by atoms with E-state index in [1.54, 1.807) is 24.5 Å². The van der Waals surface area contributed by atoms with Crippen molar-refractivity contribution in [3.8, 4) is 0 Å². The molecule has 37 heavy (non-hydrogen) atoms. The van der Waals surface area contributed by atoms with Gasteiger partial charge < -0.3 is 10.2 Å². The second-order valence-corrected chi connectivity index (χ2v) is 8.81. The number of anilines is 2. The minimum atomic E-state index is -0.982. The maximum absolute atomic E-state index is 13.9. The summed E-state index contributed by atoms with van der Waals surface area (Å²) in [6.45, 7) is 0.463. The summed E-state index contributed by atoms with van der Waals surface area (Å²) in [5, 5.41) is 4.02. The lowest BCUT2D eigenvalue weighted by molar-refractivity contribution is -0.117. The van der Waals surface area contributed by atoms with Gasteiger partial charge in [0.05, 0.1) is 17.8 Å². The van der Waals surface area contributed by atoms with E-state index < -0.39 is 11.6 Å². The zero-order valence-corrected chi connectivity index (χ0v) is 20.3. The van der Waals surface area contributed by atoms with Crippen LogP contribution in [-0.4, -0.2) is 29.9 Å². The van der Waals surface area contributed by atoms with Gasteiger partial charge in [0.15, 0.2) is 11.6 Å². The lowest BCUT2D eigenvalue weighted by Gasteiger charge is -2.29.